The van der Waals surface area contributed by atoms with Crippen LogP contribution in [-0.4, -0.2) is 30.6 Å². The minimum Gasteiger partial charge on any atom is -0.496 e. The van der Waals surface area contributed by atoms with Crippen LogP contribution in [0.2, 0.25) is 5.02 Å². The predicted octanol–water partition coefficient (Wildman–Crippen LogP) is 2.83. The number of carbonyl (C=O) groups is 2. The van der Waals surface area contributed by atoms with E-state index in [9.17, 15) is 9.59 Å². The minimum atomic E-state index is -0.489. The Hall–Kier alpha value is -2.36. The number of methoxy groups -OCH3 is 1. The molecule has 142 valence electrons. The number of benzene rings is 2. The Morgan fingerprint density at radius 1 is 1.15 bits per heavy atom. The van der Waals surface area contributed by atoms with Gasteiger partial charge in [0.05, 0.1) is 12.7 Å². The van der Waals surface area contributed by atoms with Gasteiger partial charge in [-0.05, 0) is 54.7 Å². The highest BCUT2D eigenvalue weighted by Gasteiger charge is 2.14. The van der Waals surface area contributed by atoms with Gasteiger partial charge in [0.25, 0.3) is 11.8 Å². The first-order chi connectivity index (χ1) is 12.9. The fourth-order valence-corrected chi connectivity index (χ4v) is 2.53. The Kier molecular flexibility index (Phi) is 7.83. The number of nitrogens with one attached hydrogen (secondary N) is 3. The van der Waals surface area contributed by atoms with Crippen molar-refractivity contribution in [3.8, 4) is 11.5 Å². The van der Waals surface area contributed by atoms with Gasteiger partial charge < -0.3 is 9.47 Å². The number of halogens is 2. The fraction of sp³-hybridized carbons (Fsp3) is 0.118. The van der Waals surface area contributed by atoms with Crippen molar-refractivity contribution >= 4 is 56.7 Å². The van der Waals surface area contributed by atoms with Crippen molar-refractivity contribution in [3.05, 3.63) is 57.5 Å². The van der Waals surface area contributed by atoms with Crippen molar-refractivity contribution in [1.82, 2.24) is 16.2 Å². The maximum Gasteiger partial charge on any atom is 0.276 e. The quantitative estimate of drug-likeness (QED) is 0.458. The molecular weight excluding hydrogens is 458 g/mol. The zero-order chi connectivity index (χ0) is 19.8. The Morgan fingerprint density at radius 2 is 1.85 bits per heavy atom. The number of ether oxygens (including phenoxy) is 2. The summed E-state index contributed by atoms with van der Waals surface area (Å²) < 4.78 is 11.1. The molecule has 0 fully saturated rings. The van der Waals surface area contributed by atoms with Crippen molar-refractivity contribution < 1.29 is 19.1 Å². The van der Waals surface area contributed by atoms with Gasteiger partial charge in [0.15, 0.2) is 11.7 Å². The highest BCUT2D eigenvalue weighted by molar-refractivity contribution is 9.10. The molecule has 2 amide bonds. The van der Waals surface area contributed by atoms with Crippen LogP contribution in [0.5, 0.6) is 11.5 Å². The van der Waals surface area contributed by atoms with Crippen molar-refractivity contribution in [3.63, 3.8) is 0 Å². The predicted molar refractivity (Wildman–Crippen MR) is 109 cm³/mol. The molecule has 0 aliphatic rings. The van der Waals surface area contributed by atoms with Crippen LogP contribution in [0.3, 0.4) is 0 Å². The van der Waals surface area contributed by atoms with Gasteiger partial charge >= 0.3 is 0 Å². The molecule has 0 bridgehead atoms. The molecule has 7 nitrogen and oxygen atoms in total. The highest BCUT2D eigenvalue weighted by atomic mass is 79.9. The number of amides is 2. The summed E-state index contributed by atoms with van der Waals surface area (Å²) in [5, 5.41) is 2.93. The molecule has 3 N–H and O–H groups in total. The number of hydrogen-bond acceptors (Lipinski definition) is 5. The van der Waals surface area contributed by atoms with E-state index in [1.165, 1.54) is 7.11 Å². The largest absolute Gasteiger partial charge is 0.496 e. The summed E-state index contributed by atoms with van der Waals surface area (Å²) >= 11 is 14.0. The summed E-state index contributed by atoms with van der Waals surface area (Å²) in [4.78, 5) is 24.0. The van der Waals surface area contributed by atoms with Crippen LogP contribution in [0, 0.1) is 0 Å². The van der Waals surface area contributed by atoms with Gasteiger partial charge in [-0.2, -0.15) is 0 Å². The van der Waals surface area contributed by atoms with E-state index in [0.717, 1.165) is 0 Å². The first-order valence-electron chi connectivity index (χ1n) is 7.51. The lowest BCUT2D eigenvalue weighted by Gasteiger charge is -2.13. The van der Waals surface area contributed by atoms with E-state index in [1.54, 1.807) is 42.5 Å². The lowest BCUT2D eigenvalue weighted by Crippen LogP contribution is -2.49. The van der Waals surface area contributed by atoms with Crippen molar-refractivity contribution in [2.45, 2.75) is 0 Å². The summed E-state index contributed by atoms with van der Waals surface area (Å²) in [6.07, 6.45) is 0. The smallest absolute Gasteiger partial charge is 0.276 e. The summed E-state index contributed by atoms with van der Waals surface area (Å²) in [5.74, 6) is -0.0926. The zero-order valence-electron chi connectivity index (χ0n) is 14.0. The Morgan fingerprint density at radius 3 is 2.52 bits per heavy atom. The normalized spacial score (nSPS) is 9.89. The molecule has 10 heteroatoms. The first-order valence-corrected chi connectivity index (χ1v) is 9.09. The maximum absolute atomic E-state index is 12.3. The van der Waals surface area contributed by atoms with E-state index in [-0.39, 0.29) is 17.3 Å². The molecule has 0 saturated heterocycles. The lowest BCUT2D eigenvalue weighted by molar-refractivity contribution is -0.123. The van der Waals surface area contributed by atoms with E-state index >= 15 is 0 Å². The molecule has 2 aromatic carbocycles. The van der Waals surface area contributed by atoms with Gasteiger partial charge in [-0.1, -0.05) is 27.5 Å². The molecule has 2 rings (SSSR count). The van der Waals surface area contributed by atoms with Crippen LogP contribution in [0.15, 0.2) is 46.9 Å². The van der Waals surface area contributed by atoms with Gasteiger partial charge in [0.2, 0.25) is 0 Å². The molecule has 2 aromatic rings. The Labute approximate surface area is 174 Å². The average Bonchev–Trinajstić information content (AvgIpc) is 2.65. The molecule has 0 spiro atoms. The standard InChI is InChI=1S/C17H15BrClN3O4S/c1-25-14-7-2-10(18)8-13(14)16(24)20-17(27)22-21-15(23)9-26-12-5-3-11(19)4-6-12/h2-8H,9H2,1H3,(H,21,23)(H2,20,22,24,27). The molecule has 0 aliphatic carbocycles. The van der Waals surface area contributed by atoms with E-state index in [2.05, 4.69) is 32.1 Å². The Balaban J connectivity index is 1.80. The van der Waals surface area contributed by atoms with E-state index in [4.69, 9.17) is 33.3 Å². The molecule has 27 heavy (non-hydrogen) atoms. The van der Waals surface area contributed by atoms with E-state index in [0.29, 0.717) is 21.0 Å². The molecule has 0 unspecified atom stereocenters. The number of hydrogen-bond donors (Lipinski definition) is 3. The second kappa shape index (κ2) is 10.1. The first kappa shape index (κ1) is 20.9. The maximum atomic E-state index is 12.3. The van der Waals surface area contributed by atoms with Crippen LogP contribution >= 0.6 is 39.7 Å². The molecule has 0 aliphatic heterocycles. The summed E-state index contributed by atoms with van der Waals surface area (Å²) in [7, 11) is 1.46. The monoisotopic (exact) mass is 471 g/mol. The second-order valence-electron chi connectivity index (χ2n) is 5.04. The topological polar surface area (TPSA) is 88.7 Å². The van der Waals surface area contributed by atoms with Gasteiger partial charge in [0.1, 0.15) is 11.5 Å². The zero-order valence-corrected chi connectivity index (χ0v) is 17.2. The van der Waals surface area contributed by atoms with Crippen molar-refractivity contribution in [2.24, 2.45) is 0 Å². The molecular formula is C17H15BrClN3O4S. The third-order valence-electron chi connectivity index (χ3n) is 3.13. The summed E-state index contributed by atoms with van der Waals surface area (Å²) in [6.45, 7) is -0.245. The summed E-state index contributed by atoms with van der Waals surface area (Å²) in [6, 6.07) is 11.5. The average molecular weight is 473 g/mol. The van der Waals surface area contributed by atoms with Gasteiger partial charge in [-0.15, -0.1) is 0 Å². The lowest BCUT2D eigenvalue weighted by atomic mass is 10.2. The van der Waals surface area contributed by atoms with Crippen LogP contribution in [-0.2, 0) is 4.79 Å². The number of hydrazine groups is 1. The van der Waals surface area contributed by atoms with Crippen LogP contribution in [0.4, 0.5) is 0 Å². The third kappa shape index (κ3) is 6.70. The van der Waals surface area contributed by atoms with Crippen molar-refractivity contribution in [1.29, 1.82) is 0 Å². The van der Waals surface area contributed by atoms with Crippen LogP contribution in [0.1, 0.15) is 10.4 Å². The van der Waals surface area contributed by atoms with Crippen LogP contribution in [0.25, 0.3) is 0 Å². The molecule has 0 aromatic heterocycles. The van der Waals surface area contributed by atoms with Crippen molar-refractivity contribution in [2.75, 3.05) is 13.7 Å². The van der Waals surface area contributed by atoms with Gasteiger partial charge in [0, 0.05) is 9.50 Å². The molecule has 0 radical (unpaired) electrons. The third-order valence-corrected chi connectivity index (χ3v) is 4.08. The molecule has 0 saturated carbocycles. The van der Waals surface area contributed by atoms with Gasteiger partial charge in [-0.3, -0.25) is 25.8 Å². The summed E-state index contributed by atoms with van der Waals surface area (Å²) in [5.41, 5.74) is 5.04. The number of carbonyl (C=O) groups excluding carboxylic acids is 2. The SMILES string of the molecule is COc1ccc(Br)cc1C(=O)NC(=S)NNC(=O)COc1ccc(Cl)cc1. The van der Waals surface area contributed by atoms with Crippen LogP contribution < -0.4 is 25.6 Å². The number of rotatable bonds is 5. The minimum absolute atomic E-state index is 0.0816. The fourth-order valence-electron chi connectivity index (χ4n) is 1.90. The number of thiocarbonyl (C=S) groups is 1. The second-order valence-corrected chi connectivity index (χ2v) is 6.80. The Bertz CT molecular complexity index is 849. The van der Waals surface area contributed by atoms with E-state index in [1.807, 2.05) is 0 Å². The highest BCUT2D eigenvalue weighted by Crippen LogP contribution is 2.22. The molecule has 0 atom stereocenters. The molecule has 0 heterocycles. The van der Waals surface area contributed by atoms with E-state index < -0.39 is 11.8 Å². The van der Waals surface area contributed by atoms with Gasteiger partial charge in [-0.25, -0.2) is 0 Å².